The number of ether oxygens (including phenoxy) is 1. The van der Waals surface area contributed by atoms with Crippen molar-refractivity contribution < 1.29 is 19.1 Å². The lowest BCUT2D eigenvalue weighted by Gasteiger charge is -2.11. The Kier molecular flexibility index (Phi) is 7.71. The molecule has 9 heteroatoms. The van der Waals surface area contributed by atoms with E-state index < -0.39 is 17.7 Å². The van der Waals surface area contributed by atoms with Crippen LogP contribution in [0.5, 0.6) is 5.75 Å². The molecular formula is C23H19BrN4O4. The molecule has 32 heavy (non-hydrogen) atoms. The van der Waals surface area contributed by atoms with Crippen LogP contribution in [0, 0.1) is 0 Å². The Labute approximate surface area is 192 Å². The van der Waals surface area contributed by atoms with Gasteiger partial charge in [-0.3, -0.25) is 14.4 Å². The highest BCUT2D eigenvalue weighted by Crippen LogP contribution is 2.19. The highest BCUT2D eigenvalue weighted by atomic mass is 79.9. The van der Waals surface area contributed by atoms with Gasteiger partial charge in [0, 0.05) is 10.2 Å². The van der Waals surface area contributed by atoms with Gasteiger partial charge in [-0.25, -0.2) is 5.43 Å². The zero-order valence-corrected chi connectivity index (χ0v) is 18.5. The summed E-state index contributed by atoms with van der Waals surface area (Å²) < 4.78 is 5.95. The maximum absolute atomic E-state index is 12.6. The molecule has 0 aromatic heterocycles. The summed E-state index contributed by atoms with van der Waals surface area (Å²) in [6, 6.07) is 20.4. The minimum absolute atomic E-state index is 0.196. The Morgan fingerprint density at radius 2 is 1.56 bits per heavy atom. The molecule has 3 aromatic carbocycles. The van der Waals surface area contributed by atoms with Gasteiger partial charge in [0.15, 0.2) is 0 Å². The molecule has 0 fully saturated rings. The van der Waals surface area contributed by atoms with Gasteiger partial charge in [-0.1, -0.05) is 28.1 Å². The van der Waals surface area contributed by atoms with E-state index >= 15 is 0 Å². The van der Waals surface area contributed by atoms with Crippen molar-refractivity contribution in [2.75, 3.05) is 17.7 Å². The van der Waals surface area contributed by atoms with Crippen LogP contribution in [0.2, 0.25) is 0 Å². The quantitative estimate of drug-likeness (QED) is 0.275. The van der Waals surface area contributed by atoms with Gasteiger partial charge < -0.3 is 15.4 Å². The molecule has 162 valence electrons. The maximum atomic E-state index is 12.6. The normalized spacial score (nSPS) is 10.4. The Morgan fingerprint density at radius 1 is 0.875 bits per heavy atom. The molecule has 3 rings (SSSR count). The molecule has 0 atom stereocenters. The number of para-hydroxylation sites is 1. The summed E-state index contributed by atoms with van der Waals surface area (Å²) in [6.07, 6.45) is 1.39. The fourth-order valence-electron chi connectivity index (χ4n) is 2.61. The molecule has 8 nitrogen and oxygen atoms in total. The number of carbonyl (C=O) groups is 3. The van der Waals surface area contributed by atoms with Crippen LogP contribution >= 0.6 is 15.9 Å². The number of anilines is 2. The van der Waals surface area contributed by atoms with Crippen molar-refractivity contribution >= 4 is 51.2 Å². The van der Waals surface area contributed by atoms with Crippen LogP contribution in [0.3, 0.4) is 0 Å². The summed E-state index contributed by atoms with van der Waals surface area (Å²) in [7, 11) is 1.56. The minimum Gasteiger partial charge on any atom is -0.497 e. The molecule has 0 saturated carbocycles. The molecule has 3 aromatic rings. The molecule has 0 aliphatic heterocycles. The van der Waals surface area contributed by atoms with Crippen LogP contribution in [0.15, 0.2) is 82.4 Å². The Morgan fingerprint density at radius 3 is 2.25 bits per heavy atom. The Balaban J connectivity index is 1.61. The molecular weight excluding hydrogens is 476 g/mol. The minimum atomic E-state index is -0.974. The van der Waals surface area contributed by atoms with Crippen LogP contribution in [-0.4, -0.2) is 31.0 Å². The van der Waals surface area contributed by atoms with Gasteiger partial charge >= 0.3 is 11.8 Å². The molecule has 0 spiro atoms. The third kappa shape index (κ3) is 6.26. The number of carbonyl (C=O) groups excluding carboxylic acids is 3. The third-order valence-electron chi connectivity index (χ3n) is 4.22. The van der Waals surface area contributed by atoms with Gasteiger partial charge in [-0.2, -0.15) is 5.10 Å². The first-order valence-electron chi connectivity index (χ1n) is 9.40. The Hall–Kier alpha value is -3.98. The molecule has 0 unspecified atom stereocenters. The second kappa shape index (κ2) is 10.9. The summed E-state index contributed by atoms with van der Waals surface area (Å²) in [5.41, 5.74) is 3.86. The largest absolute Gasteiger partial charge is 0.497 e. The van der Waals surface area contributed by atoms with Gasteiger partial charge in [0.25, 0.3) is 5.91 Å². The van der Waals surface area contributed by atoms with E-state index in [-0.39, 0.29) is 11.3 Å². The topological polar surface area (TPSA) is 109 Å². The van der Waals surface area contributed by atoms with Gasteiger partial charge in [-0.05, 0) is 66.2 Å². The Bertz CT molecular complexity index is 1150. The summed E-state index contributed by atoms with van der Waals surface area (Å²) >= 11 is 3.33. The van der Waals surface area contributed by atoms with E-state index in [1.54, 1.807) is 73.8 Å². The fraction of sp³-hybridized carbons (Fsp3) is 0.0435. The van der Waals surface area contributed by atoms with E-state index in [1.807, 2.05) is 0 Å². The molecule has 0 heterocycles. The first kappa shape index (κ1) is 22.7. The number of rotatable bonds is 6. The second-order valence-electron chi connectivity index (χ2n) is 6.43. The highest BCUT2D eigenvalue weighted by molar-refractivity contribution is 9.10. The van der Waals surface area contributed by atoms with Crippen molar-refractivity contribution in [2.24, 2.45) is 5.10 Å². The fourth-order valence-corrected chi connectivity index (χ4v) is 2.87. The van der Waals surface area contributed by atoms with Crippen molar-refractivity contribution in [3.63, 3.8) is 0 Å². The lowest BCUT2D eigenvalue weighted by Crippen LogP contribution is -2.33. The van der Waals surface area contributed by atoms with Crippen molar-refractivity contribution in [2.45, 2.75) is 0 Å². The average Bonchev–Trinajstić information content (AvgIpc) is 2.81. The number of benzene rings is 3. The number of amides is 3. The smallest absolute Gasteiger partial charge is 0.329 e. The lowest BCUT2D eigenvalue weighted by atomic mass is 10.1. The number of halogens is 1. The molecule has 3 amide bonds. The number of nitrogens with one attached hydrogen (secondary N) is 3. The van der Waals surface area contributed by atoms with E-state index in [0.29, 0.717) is 17.0 Å². The van der Waals surface area contributed by atoms with Crippen LogP contribution in [0.4, 0.5) is 11.4 Å². The van der Waals surface area contributed by atoms with Gasteiger partial charge in [0.2, 0.25) is 0 Å². The predicted octanol–water partition coefficient (Wildman–Crippen LogP) is 3.80. The van der Waals surface area contributed by atoms with Crippen molar-refractivity contribution in [1.82, 2.24) is 5.43 Å². The predicted molar refractivity (Wildman–Crippen MR) is 126 cm³/mol. The number of hydrogen-bond acceptors (Lipinski definition) is 5. The van der Waals surface area contributed by atoms with E-state index in [9.17, 15) is 14.4 Å². The van der Waals surface area contributed by atoms with Crippen molar-refractivity contribution in [1.29, 1.82) is 0 Å². The zero-order valence-electron chi connectivity index (χ0n) is 17.0. The van der Waals surface area contributed by atoms with Crippen LogP contribution in [0.25, 0.3) is 0 Å². The lowest BCUT2D eigenvalue weighted by molar-refractivity contribution is -0.136. The van der Waals surface area contributed by atoms with E-state index in [2.05, 4.69) is 37.1 Å². The first-order valence-corrected chi connectivity index (χ1v) is 10.2. The van der Waals surface area contributed by atoms with E-state index in [4.69, 9.17) is 4.74 Å². The maximum Gasteiger partial charge on any atom is 0.329 e. The van der Waals surface area contributed by atoms with Crippen LogP contribution < -0.4 is 20.8 Å². The van der Waals surface area contributed by atoms with Crippen molar-refractivity contribution in [3.8, 4) is 5.75 Å². The molecule has 0 saturated heterocycles. The molecule has 0 radical (unpaired) electrons. The third-order valence-corrected chi connectivity index (χ3v) is 4.75. The van der Waals surface area contributed by atoms with Gasteiger partial charge in [0.1, 0.15) is 5.75 Å². The van der Waals surface area contributed by atoms with Gasteiger partial charge in [-0.15, -0.1) is 0 Å². The summed E-state index contributed by atoms with van der Waals surface area (Å²) in [6.45, 7) is 0. The van der Waals surface area contributed by atoms with E-state index in [1.165, 1.54) is 12.3 Å². The summed E-state index contributed by atoms with van der Waals surface area (Å²) in [5.74, 6) is -1.67. The number of methoxy groups -OCH3 is 1. The number of nitrogens with zero attached hydrogens (tertiary/aromatic N) is 1. The highest BCUT2D eigenvalue weighted by Gasteiger charge is 2.17. The molecule has 0 bridgehead atoms. The average molecular weight is 495 g/mol. The molecule has 3 N–H and O–H groups in total. The number of hydrogen-bond donors (Lipinski definition) is 3. The SMILES string of the molecule is COc1ccc(C=NNC(=O)C(=O)Nc2ccccc2C(=O)Nc2ccc(Br)cc2)cc1. The zero-order chi connectivity index (χ0) is 22.9. The van der Waals surface area contributed by atoms with E-state index in [0.717, 1.165) is 4.47 Å². The first-order chi connectivity index (χ1) is 15.5. The molecule has 0 aliphatic rings. The molecule has 0 aliphatic carbocycles. The van der Waals surface area contributed by atoms with Crippen molar-refractivity contribution in [3.05, 3.63) is 88.4 Å². The number of hydrazone groups is 1. The summed E-state index contributed by atoms with van der Waals surface area (Å²) in [4.78, 5) is 37.0. The monoisotopic (exact) mass is 494 g/mol. The van der Waals surface area contributed by atoms with Gasteiger partial charge in [0.05, 0.1) is 24.6 Å². The second-order valence-corrected chi connectivity index (χ2v) is 7.35. The van der Waals surface area contributed by atoms with Crippen LogP contribution in [0.1, 0.15) is 15.9 Å². The standard InChI is InChI=1S/C23H19BrN4O4/c1-32-18-12-6-15(7-13-18)14-25-28-23(31)22(30)27-20-5-3-2-4-19(20)21(29)26-17-10-8-16(24)9-11-17/h2-14H,1H3,(H,26,29)(H,27,30)(H,28,31). The summed E-state index contributed by atoms with van der Waals surface area (Å²) in [5, 5.41) is 8.96. The van der Waals surface area contributed by atoms with Crippen LogP contribution in [-0.2, 0) is 9.59 Å².